The first kappa shape index (κ1) is 16.2. The molecular weight excluding hydrogens is 326 g/mol. The molecule has 0 aromatic heterocycles. The smallest absolute Gasteiger partial charge is 0.0732 e. The average Bonchev–Trinajstić information content (AvgIpc) is 2.51. The van der Waals surface area contributed by atoms with Crippen molar-refractivity contribution in [3.8, 4) is 0 Å². The second-order valence-corrected chi connectivity index (χ2v) is 5.88. The van der Waals surface area contributed by atoms with E-state index in [-0.39, 0.29) is 0 Å². The molecule has 0 aliphatic rings. The van der Waals surface area contributed by atoms with Crippen LogP contribution in [0, 0.1) is 0 Å². The number of hydrogen-bond acceptors (Lipinski definition) is 2. The van der Waals surface area contributed by atoms with Crippen LogP contribution in [0.5, 0.6) is 0 Å². The third-order valence-corrected chi connectivity index (χ3v) is 4.11. The number of ether oxygens (including phenoxy) is 1. The molecule has 2 aromatic rings. The highest BCUT2D eigenvalue weighted by atomic mass is 79.9. The fourth-order valence-corrected chi connectivity index (χ4v) is 2.56. The molecule has 2 aromatic carbocycles. The molecule has 0 bridgehead atoms. The number of halogens is 1. The minimum Gasteiger partial charge on any atom is -0.372 e. The number of hydrogen-bond donors (Lipinski definition) is 1. The summed E-state index contributed by atoms with van der Waals surface area (Å²) in [6.07, 6.45) is 1.15. The number of rotatable bonds is 8. The summed E-state index contributed by atoms with van der Waals surface area (Å²) in [5.74, 6) is 0. The average molecular weight is 348 g/mol. The molecule has 21 heavy (non-hydrogen) atoms. The van der Waals surface area contributed by atoms with E-state index in [1.165, 1.54) is 16.7 Å². The summed E-state index contributed by atoms with van der Waals surface area (Å²) in [6.45, 7) is 5.40. The van der Waals surface area contributed by atoms with Crippen molar-refractivity contribution in [2.24, 2.45) is 0 Å². The van der Waals surface area contributed by atoms with Crippen LogP contribution in [-0.4, -0.2) is 6.54 Å². The van der Waals surface area contributed by atoms with Gasteiger partial charge in [-0.15, -0.1) is 0 Å². The zero-order chi connectivity index (χ0) is 14.9. The fraction of sp³-hybridized carbons (Fsp3) is 0.333. The van der Waals surface area contributed by atoms with Gasteiger partial charge in [-0.1, -0.05) is 65.3 Å². The van der Waals surface area contributed by atoms with Gasteiger partial charge in [0.05, 0.1) is 13.2 Å². The Bertz CT molecular complexity index is 556. The second kappa shape index (κ2) is 8.98. The van der Waals surface area contributed by atoms with Crippen LogP contribution in [0.15, 0.2) is 53.0 Å². The van der Waals surface area contributed by atoms with Gasteiger partial charge in [0.2, 0.25) is 0 Å². The highest BCUT2D eigenvalue weighted by Crippen LogP contribution is 2.18. The summed E-state index contributed by atoms with van der Waals surface area (Å²) >= 11 is 3.55. The lowest BCUT2D eigenvalue weighted by molar-refractivity contribution is 0.106. The van der Waals surface area contributed by atoms with Crippen molar-refractivity contribution in [3.05, 3.63) is 69.7 Å². The molecule has 0 aliphatic carbocycles. The van der Waals surface area contributed by atoms with Gasteiger partial charge in [-0.3, -0.25) is 0 Å². The van der Waals surface area contributed by atoms with Crippen molar-refractivity contribution in [3.63, 3.8) is 0 Å². The van der Waals surface area contributed by atoms with Crippen LogP contribution in [0.25, 0.3) is 0 Å². The molecule has 112 valence electrons. The van der Waals surface area contributed by atoms with Crippen molar-refractivity contribution in [2.75, 3.05) is 6.54 Å². The van der Waals surface area contributed by atoms with Gasteiger partial charge in [0.15, 0.2) is 0 Å². The minimum atomic E-state index is 0.623. The lowest BCUT2D eigenvalue weighted by Crippen LogP contribution is -2.15. The molecule has 0 saturated heterocycles. The van der Waals surface area contributed by atoms with Crippen LogP contribution in [0.2, 0.25) is 0 Å². The third-order valence-electron chi connectivity index (χ3n) is 3.33. The van der Waals surface area contributed by atoms with Crippen molar-refractivity contribution < 1.29 is 4.74 Å². The van der Waals surface area contributed by atoms with Gasteiger partial charge in [0.25, 0.3) is 0 Å². The Morgan fingerprint density at radius 3 is 2.24 bits per heavy atom. The normalized spacial score (nSPS) is 10.8. The van der Waals surface area contributed by atoms with Gasteiger partial charge < -0.3 is 10.1 Å². The first-order valence-electron chi connectivity index (χ1n) is 7.40. The Balaban J connectivity index is 1.89. The van der Waals surface area contributed by atoms with Crippen LogP contribution < -0.4 is 5.32 Å². The zero-order valence-corrected chi connectivity index (χ0v) is 14.0. The summed E-state index contributed by atoms with van der Waals surface area (Å²) in [7, 11) is 0. The maximum Gasteiger partial charge on any atom is 0.0732 e. The zero-order valence-electron chi connectivity index (χ0n) is 12.4. The molecule has 2 nitrogen and oxygen atoms in total. The second-order valence-electron chi connectivity index (χ2n) is 5.03. The molecule has 0 fully saturated rings. The Kier molecular flexibility index (Phi) is 6.93. The van der Waals surface area contributed by atoms with E-state index in [1.54, 1.807) is 0 Å². The minimum absolute atomic E-state index is 0.623. The standard InChI is InChI=1S/C18H22BrNO/c1-2-11-20-12-15-7-3-4-8-16(15)13-21-14-17-9-5-6-10-18(17)19/h3-10,20H,2,11-14H2,1H3. The lowest BCUT2D eigenvalue weighted by Gasteiger charge is -2.11. The SMILES string of the molecule is CCCNCc1ccccc1COCc1ccccc1Br. The summed E-state index contributed by atoms with van der Waals surface area (Å²) in [5, 5.41) is 3.45. The van der Waals surface area contributed by atoms with Crippen LogP contribution >= 0.6 is 15.9 Å². The van der Waals surface area contributed by atoms with E-state index in [0.29, 0.717) is 13.2 Å². The first-order valence-corrected chi connectivity index (χ1v) is 8.19. The molecule has 2 rings (SSSR count). The van der Waals surface area contributed by atoms with E-state index in [1.807, 2.05) is 18.2 Å². The topological polar surface area (TPSA) is 21.3 Å². The molecule has 0 aliphatic heterocycles. The molecule has 0 heterocycles. The van der Waals surface area contributed by atoms with Gasteiger partial charge in [-0.25, -0.2) is 0 Å². The molecule has 0 amide bonds. The molecule has 3 heteroatoms. The Morgan fingerprint density at radius 1 is 0.905 bits per heavy atom. The van der Waals surface area contributed by atoms with Crippen LogP contribution in [0.3, 0.4) is 0 Å². The Hall–Kier alpha value is -1.16. The highest BCUT2D eigenvalue weighted by Gasteiger charge is 2.03. The van der Waals surface area contributed by atoms with E-state index >= 15 is 0 Å². The third kappa shape index (κ3) is 5.27. The van der Waals surface area contributed by atoms with Gasteiger partial charge >= 0.3 is 0 Å². The predicted molar refractivity (Wildman–Crippen MR) is 91.1 cm³/mol. The Labute approximate surface area is 135 Å². The summed E-state index contributed by atoms with van der Waals surface area (Å²) in [6, 6.07) is 16.6. The van der Waals surface area contributed by atoms with Crippen LogP contribution in [0.1, 0.15) is 30.0 Å². The molecule has 0 atom stereocenters. The molecular formula is C18H22BrNO. The molecule has 0 radical (unpaired) electrons. The number of benzene rings is 2. The highest BCUT2D eigenvalue weighted by molar-refractivity contribution is 9.10. The summed E-state index contributed by atoms with van der Waals surface area (Å²) < 4.78 is 6.98. The molecule has 0 spiro atoms. The fourth-order valence-electron chi connectivity index (χ4n) is 2.16. The van der Waals surface area contributed by atoms with E-state index in [2.05, 4.69) is 58.5 Å². The van der Waals surface area contributed by atoms with Crippen LogP contribution in [-0.2, 0) is 24.5 Å². The first-order chi connectivity index (χ1) is 10.3. The summed E-state index contributed by atoms with van der Waals surface area (Å²) in [5.41, 5.74) is 3.75. The molecule has 0 unspecified atom stereocenters. The van der Waals surface area contributed by atoms with E-state index in [9.17, 15) is 0 Å². The van der Waals surface area contributed by atoms with Crippen LogP contribution in [0.4, 0.5) is 0 Å². The van der Waals surface area contributed by atoms with E-state index < -0.39 is 0 Å². The number of nitrogens with one attached hydrogen (secondary N) is 1. The van der Waals surface area contributed by atoms with Gasteiger partial charge in [0, 0.05) is 11.0 Å². The predicted octanol–water partition coefficient (Wildman–Crippen LogP) is 4.67. The van der Waals surface area contributed by atoms with Crippen molar-refractivity contribution in [2.45, 2.75) is 33.1 Å². The molecule has 0 saturated carbocycles. The van der Waals surface area contributed by atoms with Crippen molar-refractivity contribution >= 4 is 15.9 Å². The summed E-state index contributed by atoms with van der Waals surface area (Å²) in [4.78, 5) is 0. The van der Waals surface area contributed by atoms with Gasteiger partial charge in [0.1, 0.15) is 0 Å². The van der Waals surface area contributed by atoms with Gasteiger partial charge in [-0.2, -0.15) is 0 Å². The van der Waals surface area contributed by atoms with Gasteiger partial charge in [-0.05, 0) is 35.7 Å². The van der Waals surface area contributed by atoms with E-state index in [0.717, 1.165) is 24.0 Å². The lowest BCUT2D eigenvalue weighted by atomic mass is 10.1. The largest absolute Gasteiger partial charge is 0.372 e. The quantitative estimate of drug-likeness (QED) is 0.701. The van der Waals surface area contributed by atoms with E-state index in [4.69, 9.17) is 4.74 Å². The maximum atomic E-state index is 5.88. The Morgan fingerprint density at radius 2 is 1.52 bits per heavy atom. The monoisotopic (exact) mass is 347 g/mol. The molecule has 1 N–H and O–H groups in total. The van der Waals surface area contributed by atoms with Crippen molar-refractivity contribution in [1.82, 2.24) is 5.32 Å². The van der Waals surface area contributed by atoms with Crippen molar-refractivity contribution in [1.29, 1.82) is 0 Å². The maximum absolute atomic E-state index is 5.88.